The zero-order chi connectivity index (χ0) is 16.6. The van der Waals surface area contributed by atoms with Gasteiger partial charge in [-0.25, -0.2) is 0 Å². The molecule has 1 aromatic heterocycles. The number of furan rings is 1. The van der Waals surface area contributed by atoms with Crippen molar-refractivity contribution in [2.75, 3.05) is 26.7 Å². The molecular formula is C17H20N2O4. The first kappa shape index (κ1) is 15.6. The largest absolute Gasteiger partial charge is 0.451 e. The summed E-state index contributed by atoms with van der Waals surface area (Å²) in [6.07, 6.45) is 0. The number of amides is 2. The van der Waals surface area contributed by atoms with Crippen LogP contribution >= 0.6 is 0 Å². The maximum atomic E-state index is 12.8. The highest BCUT2D eigenvalue weighted by atomic mass is 16.5. The molecular weight excluding hydrogens is 296 g/mol. The van der Waals surface area contributed by atoms with Gasteiger partial charge in [0.2, 0.25) is 0 Å². The molecule has 122 valence electrons. The Balaban J connectivity index is 1.90. The maximum absolute atomic E-state index is 12.8. The van der Waals surface area contributed by atoms with Crippen molar-refractivity contribution in [2.45, 2.75) is 19.4 Å². The van der Waals surface area contributed by atoms with E-state index in [9.17, 15) is 9.59 Å². The Bertz CT molecular complexity index is 767. The van der Waals surface area contributed by atoms with Crippen LogP contribution in [0.25, 0.3) is 11.0 Å². The lowest BCUT2D eigenvalue weighted by molar-refractivity contribution is -0.153. The van der Waals surface area contributed by atoms with Gasteiger partial charge in [0.25, 0.3) is 11.8 Å². The average molecular weight is 316 g/mol. The SMILES string of the molecule is CNC(=O)C1(C)CN(C(=O)c2oc3ccccc3c2C)CCO1. The summed E-state index contributed by atoms with van der Waals surface area (Å²) < 4.78 is 11.3. The summed E-state index contributed by atoms with van der Waals surface area (Å²) in [5.41, 5.74) is 0.470. The van der Waals surface area contributed by atoms with Crippen LogP contribution in [0.15, 0.2) is 28.7 Å². The molecule has 2 aromatic rings. The highest BCUT2D eigenvalue weighted by Crippen LogP contribution is 2.27. The minimum Gasteiger partial charge on any atom is -0.451 e. The molecule has 1 N–H and O–H groups in total. The molecule has 1 saturated heterocycles. The molecule has 6 nitrogen and oxygen atoms in total. The van der Waals surface area contributed by atoms with Crippen LogP contribution in [0.2, 0.25) is 0 Å². The molecule has 1 fully saturated rings. The first-order chi connectivity index (χ1) is 11.0. The Morgan fingerprint density at radius 2 is 2.04 bits per heavy atom. The standard InChI is InChI=1S/C17H20N2O4/c1-11-12-6-4-5-7-13(12)23-14(11)15(20)19-8-9-22-17(2,10-19)16(21)18-3/h4-7H,8-10H2,1-3H3,(H,18,21). The van der Waals surface area contributed by atoms with E-state index in [1.54, 1.807) is 18.9 Å². The van der Waals surface area contributed by atoms with Gasteiger partial charge < -0.3 is 19.4 Å². The minimum atomic E-state index is -1.04. The van der Waals surface area contributed by atoms with Gasteiger partial charge in [-0.15, -0.1) is 0 Å². The molecule has 0 saturated carbocycles. The smallest absolute Gasteiger partial charge is 0.290 e. The summed E-state index contributed by atoms with van der Waals surface area (Å²) in [6, 6.07) is 7.55. The molecule has 6 heteroatoms. The fourth-order valence-corrected chi connectivity index (χ4v) is 2.97. The molecule has 3 rings (SSSR count). The fourth-order valence-electron chi connectivity index (χ4n) is 2.97. The zero-order valence-corrected chi connectivity index (χ0v) is 13.5. The van der Waals surface area contributed by atoms with Crippen LogP contribution in [-0.2, 0) is 9.53 Å². The van der Waals surface area contributed by atoms with Crippen LogP contribution in [-0.4, -0.2) is 49.1 Å². The van der Waals surface area contributed by atoms with E-state index in [0.717, 1.165) is 10.9 Å². The van der Waals surface area contributed by atoms with Gasteiger partial charge in [0.05, 0.1) is 13.2 Å². The van der Waals surface area contributed by atoms with Crippen LogP contribution < -0.4 is 5.32 Å². The minimum absolute atomic E-state index is 0.196. The summed E-state index contributed by atoms with van der Waals surface area (Å²) in [7, 11) is 1.56. The number of ether oxygens (including phenoxy) is 1. The van der Waals surface area contributed by atoms with Gasteiger partial charge in [0, 0.05) is 24.5 Å². The van der Waals surface area contributed by atoms with E-state index in [-0.39, 0.29) is 18.4 Å². The highest BCUT2D eigenvalue weighted by molar-refractivity contribution is 5.99. The average Bonchev–Trinajstić information content (AvgIpc) is 2.90. The first-order valence-corrected chi connectivity index (χ1v) is 7.60. The molecule has 23 heavy (non-hydrogen) atoms. The number of likely N-dealkylation sites (N-methyl/N-ethyl adjacent to an activating group) is 1. The van der Waals surface area contributed by atoms with Crippen LogP contribution in [0.5, 0.6) is 0 Å². The molecule has 2 amide bonds. The van der Waals surface area contributed by atoms with E-state index in [4.69, 9.17) is 9.15 Å². The summed E-state index contributed by atoms with van der Waals surface area (Å²) in [4.78, 5) is 26.5. The normalized spacial score (nSPS) is 21.4. The van der Waals surface area contributed by atoms with Gasteiger partial charge in [-0.3, -0.25) is 9.59 Å². The van der Waals surface area contributed by atoms with E-state index in [0.29, 0.717) is 24.5 Å². The molecule has 1 aromatic carbocycles. The highest BCUT2D eigenvalue weighted by Gasteiger charge is 2.41. The van der Waals surface area contributed by atoms with Crippen molar-refractivity contribution in [1.29, 1.82) is 0 Å². The number of benzene rings is 1. The number of aryl methyl sites for hydroxylation is 1. The van der Waals surface area contributed by atoms with Crippen molar-refractivity contribution in [2.24, 2.45) is 0 Å². The third kappa shape index (κ3) is 2.59. The lowest BCUT2D eigenvalue weighted by Crippen LogP contribution is -2.58. The Kier molecular flexibility index (Phi) is 3.85. The molecule has 1 atom stereocenters. The number of nitrogens with one attached hydrogen (secondary N) is 1. The van der Waals surface area contributed by atoms with E-state index in [1.165, 1.54) is 0 Å². The predicted molar refractivity (Wildman–Crippen MR) is 85.3 cm³/mol. The van der Waals surface area contributed by atoms with Gasteiger partial charge in [0.1, 0.15) is 5.58 Å². The monoisotopic (exact) mass is 316 g/mol. The molecule has 1 unspecified atom stereocenters. The van der Waals surface area contributed by atoms with Crippen LogP contribution in [0, 0.1) is 6.92 Å². The predicted octanol–water partition coefficient (Wildman–Crippen LogP) is 1.72. The van der Waals surface area contributed by atoms with Crippen LogP contribution in [0.4, 0.5) is 0 Å². The van der Waals surface area contributed by atoms with Gasteiger partial charge in [-0.1, -0.05) is 18.2 Å². The summed E-state index contributed by atoms with van der Waals surface area (Å²) in [5, 5.41) is 3.51. The number of fused-ring (bicyclic) bond motifs is 1. The third-order valence-corrected chi connectivity index (χ3v) is 4.31. The number of para-hydroxylation sites is 1. The topological polar surface area (TPSA) is 71.8 Å². The van der Waals surface area contributed by atoms with E-state index in [2.05, 4.69) is 5.32 Å². The molecule has 0 aliphatic carbocycles. The molecule has 0 radical (unpaired) electrons. The van der Waals surface area contributed by atoms with Crippen molar-refractivity contribution in [3.63, 3.8) is 0 Å². The number of carbonyl (C=O) groups is 2. The molecule has 0 bridgehead atoms. The number of hydrogen-bond acceptors (Lipinski definition) is 4. The van der Waals surface area contributed by atoms with Crippen molar-refractivity contribution < 1.29 is 18.7 Å². The molecule has 0 spiro atoms. The first-order valence-electron chi connectivity index (χ1n) is 7.60. The van der Waals surface area contributed by atoms with E-state index >= 15 is 0 Å². The molecule has 2 heterocycles. The van der Waals surface area contributed by atoms with Gasteiger partial charge in [-0.05, 0) is 19.9 Å². The Morgan fingerprint density at radius 1 is 1.30 bits per heavy atom. The second-order valence-corrected chi connectivity index (χ2v) is 5.94. The number of nitrogens with zero attached hydrogens (tertiary/aromatic N) is 1. The molecule has 1 aliphatic heterocycles. The van der Waals surface area contributed by atoms with Crippen molar-refractivity contribution in [1.82, 2.24) is 10.2 Å². The number of carbonyl (C=O) groups excluding carboxylic acids is 2. The number of rotatable bonds is 2. The quantitative estimate of drug-likeness (QED) is 0.916. The number of hydrogen-bond donors (Lipinski definition) is 1. The van der Waals surface area contributed by atoms with E-state index < -0.39 is 5.60 Å². The Labute approximate surface area is 134 Å². The lowest BCUT2D eigenvalue weighted by atomic mass is 10.0. The van der Waals surface area contributed by atoms with Crippen LogP contribution in [0.1, 0.15) is 23.0 Å². The maximum Gasteiger partial charge on any atom is 0.290 e. The summed E-state index contributed by atoms with van der Waals surface area (Å²) in [6.45, 7) is 4.51. The fraction of sp³-hybridized carbons (Fsp3) is 0.412. The van der Waals surface area contributed by atoms with E-state index in [1.807, 2.05) is 31.2 Å². The summed E-state index contributed by atoms with van der Waals surface area (Å²) >= 11 is 0. The van der Waals surface area contributed by atoms with Gasteiger partial charge >= 0.3 is 0 Å². The second-order valence-electron chi connectivity index (χ2n) is 5.94. The van der Waals surface area contributed by atoms with Crippen molar-refractivity contribution in [3.8, 4) is 0 Å². The lowest BCUT2D eigenvalue weighted by Gasteiger charge is -2.38. The Morgan fingerprint density at radius 3 is 2.74 bits per heavy atom. The van der Waals surface area contributed by atoms with Gasteiger partial charge in [0.15, 0.2) is 11.4 Å². The number of morpholine rings is 1. The van der Waals surface area contributed by atoms with Crippen molar-refractivity contribution >= 4 is 22.8 Å². The third-order valence-electron chi connectivity index (χ3n) is 4.31. The molecule has 1 aliphatic rings. The van der Waals surface area contributed by atoms with Gasteiger partial charge in [-0.2, -0.15) is 0 Å². The second kappa shape index (κ2) is 5.70. The summed E-state index contributed by atoms with van der Waals surface area (Å²) in [5.74, 6) is -0.124. The zero-order valence-electron chi connectivity index (χ0n) is 13.5. The van der Waals surface area contributed by atoms with Crippen LogP contribution in [0.3, 0.4) is 0 Å². The Hall–Kier alpha value is -2.34. The van der Waals surface area contributed by atoms with Crippen molar-refractivity contribution in [3.05, 3.63) is 35.6 Å².